The third kappa shape index (κ3) is 7.28. The smallest absolute Gasteiger partial charge is 0.0623 e. The second-order valence-electron chi connectivity index (χ2n) is 5.95. The van der Waals surface area contributed by atoms with Gasteiger partial charge in [-0.25, -0.2) is 0 Å². The van der Waals surface area contributed by atoms with Gasteiger partial charge in [-0.15, -0.1) is 0 Å². The van der Waals surface area contributed by atoms with E-state index in [0.29, 0.717) is 5.92 Å². The SMILES string of the molecule is COCCNCC(CCC(C)(C)OC)c1ccc(Cl)cc1. The Bertz CT molecular complexity index is 392. The van der Waals surface area contributed by atoms with Crippen LogP contribution in [0.5, 0.6) is 0 Å². The van der Waals surface area contributed by atoms with Crippen molar-refractivity contribution in [2.45, 2.75) is 38.2 Å². The van der Waals surface area contributed by atoms with Gasteiger partial charge in [0, 0.05) is 32.3 Å². The summed E-state index contributed by atoms with van der Waals surface area (Å²) in [6, 6.07) is 8.15. The minimum absolute atomic E-state index is 0.0861. The van der Waals surface area contributed by atoms with Crippen LogP contribution in [-0.2, 0) is 9.47 Å². The summed E-state index contributed by atoms with van der Waals surface area (Å²) in [7, 11) is 3.49. The van der Waals surface area contributed by atoms with Crippen LogP contribution in [-0.4, -0.2) is 39.5 Å². The first kappa shape index (κ1) is 18.4. The Morgan fingerprint density at radius 2 is 1.86 bits per heavy atom. The summed E-state index contributed by atoms with van der Waals surface area (Å²) in [5, 5.41) is 4.23. The molecule has 1 aromatic carbocycles. The fourth-order valence-electron chi connectivity index (χ4n) is 2.20. The van der Waals surface area contributed by atoms with E-state index in [1.54, 1.807) is 14.2 Å². The third-order valence-corrected chi connectivity index (χ3v) is 4.11. The Morgan fingerprint density at radius 1 is 1.19 bits per heavy atom. The van der Waals surface area contributed by atoms with Gasteiger partial charge in [0.15, 0.2) is 0 Å². The molecule has 0 amide bonds. The van der Waals surface area contributed by atoms with Crippen molar-refractivity contribution in [2.75, 3.05) is 33.9 Å². The van der Waals surface area contributed by atoms with Crippen LogP contribution >= 0.6 is 11.6 Å². The number of hydrogen-bond donors (Lipinski definition) is 1. The predicted molar refractivity (Wildman–Crippen MR) is 89.3 cm³/mol. The fourth-order valence-corrected chi connectivity index (χ4v) is 2.32. The minimum atomic E-state index is -0.0861. The van der Waals surface area contributed by atoms with Gasteiger partial charge < -0.3 is 14.8 Å². The molecule has 0 fully saturated rings. The number of benzene rings is 1. The summed E-state index contributed by atoms with van der Waals surface area (Å²) < 4.78 is 10.6. The molecule has 0 bridgehead atoms. The van der Waals surface area contributed by atoms with Crippen molar-refractivity contribution in [3.8, 4) is 0 Å². The molecule has 0 aliphatic rings. The molecule has 1 unspecified atom stereocenters. The largest absolute Gasteiger partial charge is 0.383 e. The lowest BCUT2D eigenvalue weighted by molar-refractivity contribution is 0.0124. The highest BCUT2D eigenvalue weighted by atomic mass is 35.5. The van der Waals surface area contributed by atoms with Crippen LogP contribution < -0.4 is 5.32 Å². The molecule has 0 saturated heterocycles. The predicted octanol–water partition coefficient (Wildman–Crippen LogP) is 3.86. The molecule has 0 aliphatic heterocycles. The summed E-state index contributed by atoms with van der Waals surface area (Å²) in [5.41, 5.74) is 1.23. The van der Waals surface area contributed by atoms with Crippen LogP contribution in [0.15, 0.2) is 24.3 Å². The molecule has 1 rings (SSSR count). The van der Waals surface area contributed by atoms with Crippen molar-refractivity contribution in [3.63, 3.8) is 0 Å². The average Bonchev–Trinajstić information content (AvgIpc) is 2.48. The second kappa shape index (κ2) is 9.42. The van der Waals surface area contributed by atoms with Crippen molar-refractivity contribution in [3.05, 3.63) is 34.9 Å². The third-order valence-electron chi connectivity index (χ3n) is 3.86. The molecule has 1 N–H and O–H groups in total. The summed E-state index contributed by atoms with van der Waals surface area (Å²) in [5.74, 6) is 0.452. The van der Waals surface area contributed by atoms with Crippen molar-refractivity contribution in [2.24, 2.45) is 0 Å². The van der Waals surface area contributed by atoms with E-state index in [-0.39, 0.29) is 5.60 Å². The molecule has 0 spiro atoms. The molecule has 0 aliphatic carbocycles. The molecule has 4 heteroatoms. The van der Waals surface area contributed by atoms with Gasteiger partial charge in [-0.1, -0.05) is 23.7 Å². The van der Waals surface area contributed by atoms with E-state index in [1.807, 2.05) is 12.1 Å². The van der Waals surface area contributed by atoms with Gasteiger partial charge in [-0.05, 0) is 50.3 Å². The van der Waals surface area contributed by atoms with Crippen LogP contribution in [0.25, 0.3) is 0 Å². The number of methoxy groups -OCH3 is 2. The molecular weight excluding hydrogens is 286 g/mol. The molecule has 0 radical (unpaired) electrons. The summed E-state index contributed by atoms with van der Waals surface area (Å²) in [6.45, 7) is 6.80. The molecule has 0 aromatic heterocycles. The van der Waals surface area contributed by atoms with Crippen molar-refractivity contribution >= 4 is 11.6 Å². The summed E-state index contributed by atoms with van der Waals surface area (Å²) in [4.78, 5) is 0. The maximum atomic E-state index is 5.98. The zero-order valence-corrected chi connectivity index (χ0v) is 14.4. The Kier molecular flexibility index (Phi) is 8.27. The molecule has 0 heterocycles. The molecule has 0 saturated carbocycles. The Morgan fingerprint density at radius 3 is 2.43 bits per heavy atom. The van der Waals surface area contributed by atoms with Gasteiger partial charge in [0.05, 0.1) is 12.2 Å². The van der Waals surface area contributed by atoms with E-state index in [4.69, 9.17) is 21.1 Å². The number of nitrogens with one attached hydrogen (secondary N) is 1. The van der Waals surface area contributed by atoms with Gasteiger partial charge >= 0.3 is 0 Å². The number of ether oxygens (including phenoxy) is 2. The van der Waals surface area contributed by atoms with Crippen LogP contribution in [0, 0.1) is 0 Å². The zero-order valence-electron chi connectivity index (χ0n) is 13.6. The zero-order chi connectivity index (χ0) is 15.7. The normalized spacial score (nSPS) is 13.4. The first-order valence-electron chi connectivity index (χ1n) is 7.49. The fraction of sp³-hybridized carbons (Fsp3) is 0.647. The van der Waals surface area contributed by atoms with Gasteiger partial charge in [-0.3, -0.25) is 0 Å². The summed E-state index contributed by atoms with van der Waals surface area (Å²) in [6.07, 6.45) is 2.09. The van der Waals surface area contributed by atoms with Gasteiger partial charge in [-0.2, -0.15) is 0 Å². The van der Waals surface area contributed by atoms with E-state index < -0.39 is 0 Å². The first-order chi connectivity index (χ1) is 9.98. The standard InChI is InChI=1S/C17H28ClNO2/c1-17(2,21-4)10-9-15(13-19-11-12-20-3)14-5-7-16(18)8-6-14/h5-8,15,19H,9-13H2,1-4H3. The van der Waals surface area contributed by atoms with Gasteiger partial charge in [0.25, 0.3) is 0 Å². The van der Waals surface area contributed by atoms with E-state index in [9.17, 15) is 0 Å². The second-order valence-corrected chi connectivity index (χ2v) is 6.38. The molecular formula is C17H28ClNO2. The highest BCUT2D eigenvalue weighted by Gasteiger charge is 2.20. The lowest BCUT2D eigenvalue weighted by Crippen LogP contribution is -2.28. The van der Waals surface area contributed by atoms with E-state index in [2.05, 4.69) is 31.3 Å². The van der Waals surface area contributed by atoms with Crippen molar-refractivity contribution in [1.29, 1.82) is 0 Å². The monoisotopic (exact) mass is 313 g/mol. The Balaban J connectivity index is 2.63. The van der Waals surface area contributed by atoms with E-state index in [0.717, 1.165) is 37.6 Å². The molecule has 1 aromatic rings. The van der Waals surface area contributed by atoms with Crippen molar-refractivity contribution < 1.29 is 9.47 Å². The number of rotatable bonds is 10. The van der Waals surface area contributed by atoms with E-state index in [1.165, 1.54) is 5.56 Å². The maximum Gasteiger partial charge on any atom is 0.0623 e. The van der Waals surface area contributed by atoms with Gasteiger partial charge in [0.2, 0.25) is 0 Å². The maximum absolute atomic E-state index is 5.98. The van der Waals surface area contributed by atoms with Crippen LogP contribution in [0.4, 0.5) is 0 Å². The Labute approximate surface area is 134 Å². The highest BCUT2D eigenvalue weighted by molar-refractivity contribution is 6.30. The lowest BCUT2D eigenvalue weighted by atomic mass is 9.89. The summed E-state index contributed by atoms with van der Waals surface area (Å²) >= 11 is 5.98. The molecule has 21 heavy (non-hydrogen) atoms. The average molecular weight is 314 g/mol. The van der Waals surface area contributed by atoms with Gasteiger partial charge in [0.1, 0.15) is 0 Å². The molecule has 120 valence electrons. The lowest BCUT2D eigenvalue weighted by Gasteiger charge is -2.26. The molecule has 1 atom stereocenters. The number of hydrogen-bond acceptors (Lipinski definition) is 3. The van der Waals surface area contributed by atoms with Crippen LogP contribution in [0.3, 0.4) is 0 Å². The topological polar surface area (TPSA) is 30.5 Å². The first-order valence-corrected chi connectivity index (χ1v) is 7.86. The Hall–Kier alpha value is -0.610. The molecule has 3 nitrogen and oxygen atoms in total. The van der Waals surface area contributed by atoms with Crippen LogP contribution in [0.1, 0.15) is 38.2 Å². The van der Waals surface area contributed by atoms with Crippen molar-refractivity contribution in [1.82, 2.24) is 5.32 Å². The van der Waals surface area contributed by atoms with E-state index >= 15 is 0 Å². The quantitative estimate of drug-likeness (QED) is 0.665. The minimum Gasteiger partial charge on any atom is -0.383 e. The number of halogens is 1. The highest BCUT2D eigenvalue weighted by Crippen LogP contribution is 2.27. The van der Waals surface area contributed by atoms with Crippen LogP contribution in [0.2, 0.25) is 5.02 Å².